The van der Waals surface area contributed by atoms with Gasteiger partial charge in [0.25, 0.3) is 0 Å². The molecule has 5 heteroatoms. The largest absolute Gasteiger partial charge is 0.337 e. The first-order valence-corrected chi connectivity index (χ1v) is 5.53. The molecule has 4 nitrogen and oxygen atoms in total. The Morgan fingerprint density at radius 1 is 1.58 bits per heavy atom. The lowest BCUT2D eigenvalue weighted by Crippen LogP contribution is -2.09. The van der Waals surface area contributed by atoms with E-state index in [1.54, 1.807) is 31.1 Å². The van der Waals surface area contributed by atoms with E-state index in [1.807, 2.05) is 0 Å². The van der Waals surface area contributed by atoms with Gasteiger partial charge in [0.2, 0.25) is 0 Å². The van der Waals surface area contributed by atoms with Gasteiger partial charge in [-0.15, -0.1) is 0 Å². The molecule has 0 bridgehead atoms. The predicted molar refractivity (Wildman–Crippen MR) is 46.4 cm³/mol. The zero-order chi connectivity index (χ0) is 9.19. The van der Waals surface area contributed by atoms with Crippen LogP contribution in [0.5, 0.6) is 0 Å². The molecule has 0 radical (unpaired) electrons. The van der Waals surface area contributed by atoms with Gasteiger partial charge in [-0.2, -0.15) is 0 Å². The molecule has 0 spiro atoms. The maximum absolute atomic E-state index is 11.2. The Morgan fingerprint density at radius 2 is 2.25 bits per heavy atom. The van der Waals surface area contributed by atoms with E-state index < -0.39 is 9.84 Å². The number of rotatable bonds is 3. The minimum atomic E-state index is -2.93. The summed E-state index contributed by atoms with van der Waals surface area (Å²) in [6, 6.07) is 0. The molecule has 1 rings (SSSR count). The van der Waals surface area contributed by atoms with Crippen molar-refractivity contribution < 1.29 is 8.42 Å². The summed E-state index contributed by atoms with van der Waals surface area (Å²) in [5.74, 6) is 0.262. The lowest BCUT2D eigenvalue weighted by molar-refractivity contribution is 0.594. The minimum absolute atomic E-state index is 0.0833. The van der Waals surface area contributed by atoms with Crippen molar-refractivity contribution in [1.29, 1.82) is 0 Å². The average molecular weight is 188 g/mol. The molecule has 1 aromatic heterocycles. The van der Waals surface area contributed by atoms with Crippen LogP contribution >= 0.6 is 0 Å². The first-order valence-electron chi connectivity index (χ1n) is 3.71. The fraction of sp³-hybridized carbons (Fsp3) is 0.571. The van der Waals surface area contributed by atoms with Crippen LogP contribution in [0.2, 0.25) is 0 Å². The average Bonchev–Trinajstić information content (AvgIpc) is 2.36. The fourth-order valence-electron chi connectivity index (χ4n) is 0.851. The Hall–Kier alpha value is -0.840. The fourth-order valence-corrected chi connectivity index (χ4v) is 1.78. The van der Waals surface area contributed by atoms with Gasteiger partial charge in [-0.3, -0.25) is 0 Å². The van der Waals surface area contributed by atoms with Crippen LogP contribution in [0, 0.1) is 0 Å². The Balaban J connectivity index is 2.84. The number of aryl methyl sites for hydroxylation is 1. The summed E-state index contributed by atoms with van der Waals surface area (Å²) >= 11 is 0. The van der Waals surface area contributed by atoms with Gasteiger partial charge in [-0.1, -0.05) is 6.92 Å². The van der Waals surface area contributed by atoms with Gasteiger partial charge < -0.3 is 4.57 Å². The van der Waals surface area contributed by atoms with Crippen molar-refractivity contribution in [2.45, 2.75) is 12.7 Å². The van der Waals surface area contributed by atoms with Crippen LogP contribution in [-0.4, -0.2) is 23.7 Å². The number of imidazole rings is 1. The molecule has 0 fully saturated rings. The quantitative estimate of drug-likeness (QED) is 0.688. The van der Waals surface area contributed by atoms with Crippen LogP contribution in [0.15, 0.2) is 12.5 Å². The molecular formula is C7H12N2O2S. The Labute approximate surface area is 72.2 Å². The minimum Gasteiger partial charge on any atom is -0.337 e. The van der Waals surface area contributed by atoms with Crippen molar-refractivity contribution in [3.63, 3.8) is 0 Å². The molecule has 1 heterocycles. The summed E-state index contributed by atoms with van der Waals surface area (Å²) in [6.45, 7) is 1.64. The molecule has 0 aliphatic heterocycles. The zero-order valence-electron chi connectivity index (χ0n) is 7.19. The molecule has 0 amide bonds. The molecule has 0 saturated carbocycles. The number of hydrogen-bond acceptors (Lipinski definition) is 3. The number of sulfone groups is 1. The first kappa shape index (κ1) is 9.25. The Bertz CT molecular complexity index is 353. The van der Waals surface area contributed by atoms with E-state index in [2.05, 4.69) is 4.98 Å². The second-order valence-corrected chi connectivity index (χ2v) is 5.03. The summed E-state index contributed by atoms with van der Waals surface area (Å²) in [7, 11) is -1.14. The molecule has 0 aromatic carbocycles. The highest BCUT2D eigenvalue weighted by Gasteiger charge is 2.10. The number of hydrogen-bond donors (Lipinski definition) is 0. The molecule has 0 aliphatic rings. The molecule has 1 aromatic rings. The molecule has 0 unspecified atom stereocenters. The maximum Gasteiger partial charge on any atom is 0.155 e. The van der Waals surface area contributed by atoms with Gasteiger partial charge in [-0.05, 0) is 0 Å². The van der Waals surface area contributed by atoms with E-state index in [4.69, 9.17) is 0 Å². The topological polar surface area (TPSA) is 52.0 Å². The number of nitrogens with zero attached hydrogens (tertiary/aromatic N) is 2. The monoisotopic (exact) mass is 188 g/mol. The van der Waals surface area contributed by atoms with E-state index in [0.717, 1.165) is 5.69 Å². The van der Waals surface area contributed by atoms with Gasteiger partial charge in [0.1, 0.15) is 0 Å². The van der Waals surface area contributed by atoms with Gasteiger partial charge in [-0.25, -0.2) is 13.4 Å². The third-order valence-corrected chi connectivity index (χ3v) is 3.34. The van der Waals surface area contributed by atoms with Gasteiger partial charge in [0.05, 0.1) is 17.8 Å². The van der Waals surface area contributed by atoms with Crippen molar-refractivity contribution in [1.82, 2.24) is 9.55 Å². The lowest BCUT2D eigenvalue weighted by Gasteiger charge is -2.01. The lowest BCUT2D eigenvalue weighted by atomic mass is 10.5. The second kappa shape index (κ2) is 3.26. The van der Waals surface area contributed by atoms with E-state index in [-0.39, 0.29) is 11.5 Å². The van der Waals surface area contributed by atoms with Crippen molar-refractivity contribution in [2.24, 2.45) is 7.05 Å². The molecular weight excluding hydrogens is 176 g/mol. The summed E-state index contributed by atoms with van der Waals surface area (Å²) in [5.41, 5.74) is 0.733. The summed E-state index contributed by atoms with van der Waals surface area (Å²) < 4.78 is 24.1. The predicted octanol–water partition coefficient (Wildman–Crippen LogP) is 0.355. The van der Waals surface area contributed by atoms with Crippen LogP contribution < -0.4 is 0 Å². The summed E-state index contributed by atoms with van der Waals surface area (Å²) in [5, 5.41) is 0. The zero-order valence-corrected chi connectivity index (χ0v) is 8.00. The van der Waals surface area contributed by atoms with Crippen molar-refractivity contribution in [2.75, 3.05) is 5.75 Å². The Kier molecular flexibility index (Phi) is 2.52. The highest BCUT2D eigenvalue weighted by molar-refractivity contribution is 7.90. The van der Waals surface area contributed by atoms with Crippen molar-refractivity contribution in [3.8, 4) is 0 Å². The smallest absolute Gasteiger partial charge is 0.155 e. The van der Waals surface area contributed by atoms with Gasteiger partial charge >= 0.3 is 0 Å². The molecule has 0 saturated heterocycles. The normalized spacial score (nSPS) is 11.8. The van der Waals surface area contributed by atoms with Crippen molar-refractivity contribution in [3.05, 3.63) is 18.2 Å². The molecule has 0 aliphatic carbocycles. The highest BCUT2D eigenvalue weighted by atomic mass is 32.2. The third-order valence-electron chi connectivity index (χ3n) is 1.72. The molecule has 0 atom stereocenters. The van der Waals surface area contributed by atoms with Crippen LogP contribution in [-0.2, 0) is 22.6 Å². The van der Waals surface area contributed by atoms with E-state index in [1.165, 1.54) is 0 Å². The second-order valence-electron chi connectivity index (χ2n) is 2.67. The van der Waals surface area contributed by atoms with Crippen LogP contribution in [0.3, 0.4) is 0 Å². The maximum atomic E-state index is 11.2. The summed E-state index contributed by atoms with van der Waals surface area (Å²) in [6.07, 6.45) is 3.17. The number of aromatic nitrogens is 2. The summed E-state index contributed by atoms with van der Waals surface area (Å²) in [4.78, 5) is 3.84. The SMILES string of the molecule is CCS(=O)(=O)Cc1cncn1C. The third kappa shape index (κ3) is 2.07. The van der Waals surface area contributed by atoms with Crippen LogP contribution in [0.25, 0.3) is 0 Å². The van der Waals surface area contributed by atoms with Gasteiger partial charge in [0.15, 0.2) is 9.84 Å². The van der Waals surface area contributed by atoms with Crippen molar-refractivity contribution >= 4 is 9.84 Å². The van der Waals surface area contributed by atoms with Crippen LogP contribution in [0.1, 0.15) is 12.6 Å². The highest BCUT2D eigenvalue weighted by Crippen LogP contribution is 2.03. The van der Waals surface area contributed by atoms with E-state index >= 15 is 0 Å². The van der Waals surface area contributed by atoms with Crippen LogP contribution in [0.4, 0.5) is 0 Å². The Morgan fingerprint density at radius 3 is 2.67 bits per heavy atom. The van der Waals surface area contributed by atoms with Gasteiger partial charge in [0, 0.05) is 19.0 Å². The molecule has 68 valence electrons. The van der Waals surface area contributed by atoms with E-state index in [0.29, 0.717) is 0 Å². The van der Waals surface area contributed by atoms with E-state index in [9.17, 15) is 8.42 Å². The molecule has 12 heavy (non-hydrogen) atoms. The first-order chi connectivity index (χ1) is 5.55. The standard InChI is InChI=1S/C7H12N2O2S/c1-3-12(10,11)5-7-4-8-6-9(7)2/h4,6H,3,5H2,1-2H3. The molecule has 0 N–H and O–H groups in total.